The topological polar surface area (TPSA) is 49.8 Å². The molecule has 1 aromatic carbocycles. The molecule has 1 aliphatic heterocycles. The monoisotopic (exact) mass is 451 g/mol. The van der Waals surface area contributed by atoms with Gasteiger partial charge < -0.3 is 9.84 Å². The summed E-state index contributed by atoms with van der Waals surface area (Å²) in [5.74, 6) is 0. The molecule has 6 heteroatoms. The van der Waals surface area contributed by atoms with E-state index in [4.69, 9.17) is 4.74 Å². The fraction of sp³-hybridized carbons (Fsp3) is 0.647. The highest BCUT2D eigenvalue weighted by Crippen LogP contribution is 2.27. The maximum atomic E-state index is 12.9. The van der Waals surface area contributed by atoms with E-state index in [2.05, 4.69) is 22.6 Å². The molecule has 0 saturated carbocycles. The Hall–Kier alpha value is -0.0200. The summed E-state index contributed by atoms with van der Waals surface area (Å²) in [6.07, 6.45) is 1.01. The van der Waals surface area contributed by atoms with Gasteiger partial charge in [-0.3, -0.25) is 0 Å². The van der Waals surface area contributed by atoms with Crippen molar-refractivity contribution in [2.45, 2.75) is 61.2 Å². The average Bonchev–Trinajstić information content (AvgIpc) is 2.49. The maximum Gasteiger partial charge on any atom is 0.166 e. The third-order valence-corrected chi connectivity index (χ3v) is 6.81. The molecule has 4 nitrogen and oxygen atoms in total. The van der Waals surface area contributed by atoms with E-state index in [0.29, 0.717) is 13.1 Å². The van der Waals surface area contributed by atoms with Gasteiger partial charge in [0, 0.05) is 13.1 Å². The molecule has 0 bridgehead atoms. The van der Waals surface area contributed by atoms with Gasteiger partial charge in [0.1, 0.15) is 11.0 Å². The molecule has 1 fully saturated rings. The van der Waals surface area contributed by atoms with E-state index in [9.17, 15) is 9.32 Å². The van der Waals surface area contributed by atoms with E-state index in [1.165, 1.54) is 0 Å². The molecule has 0 aromatic heterocycles. The second-order valence-corrected chi connectivity index (χ2v) is 10.8. The van der Waals surface area contributed by atoms with E-state index in [0.717, 1.165) is 18.4 Å². The Bertz CT molecular complexity index is 520. The predicted octanol–water partition coefficient (Wildman–Crippen LogP) is 3.25. The highest BCUT2D eigenvalue weighted by Gasteiger charge is 2.33. The smallest absolute Gasteiger partial charge is 0.166 e. The zero-order chi connectivity index (χ0) is 17.0. The van der Waals surface area contributed by atoms with Gasteiger partial charge in [0.25, 0.3) is 0 Å². The molecule has 23 heavy (non-hydrogen) atoms. The fourth-order valence-corrected chi connectivity index (χ4v) is 4.44. The van der Waals surface area contributed by atoms with Crippen molar-refractivity contribution in [3.63, 3.8) is 0 Å². The molecule has 2 rings (SSSR count). The minimum Gasteiger partial charge on any atom is -0.367 e. The minimum absolute atomic E-state index is 0.0778. The molecule has 0 amide bonds. The van der Waals surface area contributed by atoms with Gasteiger partial charge in [-0.2, -0.15) is 0 Å². The number of aliphatic hydroxyl groups excluding tert-OH is 1. The highest BCUT2D eigenvalue weighted by atomic mass is 127. The first-order valence-corrected chi connectivity index (χ1v) is 10.3. The molecule has 4 atom stereocenters. The Morgan fingerprint density at radius 3 is 2.52 bits per heavy atom. The molecular weight excluding hydrogens is 425 g/mol. The van der Waals surface area contributed by atoms with Crippen LogP contribution < -0.4 is 0 Å². The molecule has 3 unspecified atom stereocenters. The summed E-state index contributed by atoms with van der Waals surface area (Å²) < 4.78 is 20.4. The number of aliphatic hydroxyl groups is 1. The largest absolute Gasteiger partial charge is 0.367 e. The Kier molecular flexibility index (Phi) is 7.03. The number of hydrogen-bond donors (Lipinski definition) is 1. The highest BCUT2D eigenvalue weighted by molar-refractivity contribution is 14.1. The molecule has 1 heterocycles. The van der Waals surface area contributed by atoms with Crippen molar-refractivity contribution in [3.05, 3.63) is 35.9 Å². The first kappa shape index (κ1) is 19.3. The second-order valence-electron chi connectivity index (χ2n) is 6.91. The SMILES string of the molecule is CC(C)(C)S(=O)N(Cc1ccccc1)C[C@@H]1CCC(I)C(O)O1. The van der Waals surface area contributed by atoms with Crippen molar-refractivity contribution in [1.29, 1.82) is 0 Å². The lowest BCUT2D eigenvalue weighted by Gasteiger charge is -2.35. The lowest BCUT2D eigenvalue weighted by molar-refractivity contribution is -0.157. The van der Waals surface area contributed by atoms with E-state index in [1.54, 1.807) is 0 Å². The molecule has 1 aliphatic rings. The van der Waals surface area contributed by atoms with Crippen LogP contribution in [0, 0.1) is 0 Å². The van der Waals surface area contributed by atoms with E-state index >= 15 is 0 Å². The zero-order valence-corrected chi connectivity index (χ0v) is 16.9. The van der Waals surface area contributed by atoms with Gasteiger partial charge in [-0.05, 0) is 39.2 Å². The number of halogens is 1. The molecule has 1 N–H and O–H groups in total. The van der Waals surface area contributed by atoms with Crippen molar-refractivity contribution in [2.24, 2.45) is 0 Å². The summed E-state index contributed by atoms with van der Waals surface area (Å²) in [6, 6.07) is 10.1. The lowest BCUT2D eigenvalue weighted by atomic mass is 10.1. The summed E-state index contributed by atoms with van der Waals surface area (Å²) in [5, 5.41) is 9.93. The number of nitrogens with zero attached hydrogens (tertiary/aromatic N) is 1. The summed E-state index contributed by atoms with van der Waals surface area (Å²) in [7, 11) is -1.13. The first-order valence-electron chi connectivity index (χ1n) is 7.96. The summed E-state index contributed by atoms with van der Waals surface area (Å²) in [4.78, 5) is 0. The van der Waals surface area contributed by atoms with Crippen LogP contribution in [0.3, 0.4) is 0 Å². The van der Waals surface area contributed by atoms with Crippen LogP contribution in [-0.2, 0) is 22.3 Å². The Labute approximate surface area is 155 Å². The van der Waals surface area contributed by atoms with Crippen LogP contribution in [0.25, 0.3) is 0 Å². The Morgan fingerprint density at radius 1 is 1.30 bits per heavy atom. The summed E-state index contributed by atoms with van der Waals surface area (Å²) in [6.45, 7) is 7.14. The number of alkyl halides is 1. The van der Waals surface area contributed by atoms with Crippen molar-refractivity contribution >= 4 is 33.6 Å². The third-order valence-electron chi connectivity index (χ3n) is 3.77. The van der Waals surface area contributed by atoms with Crippen molar-refractivity contribution < 1.29 is 14.1 Å². The average molecular weight is 451 g/mol. The molecule has 0 aliphatic carbocycles. The standard InChI is InChI=1S/C17H26INO3S/c1-17(2,3)23(21)19(11-13-7-5-4-6-8-13)12-14-9-10-15(18)16(20)22-14/h4-8,14-16,20H,9-12H2,1-3H3/t14-,15?,16?,23?/m0/s1. The van der Waals surface area contributed by atoms with Crippen LogP contribution in [0.4, 0.5) is 0 Å². The predicted molar refractivity (Wildman–Crippen MR) is 103 cm³/mol. The molecular formula is C17H26INO3S. The molecule has 0 radical (unpaired) electrons. The quantitative estimate of drug-likeness (QED) is 0.553. The van der Waals surface area contributed by atoms with Crippen LogP contribution >= 0.6 is 22.6 Å². The summed E-state index contributed by atoms with van der Waals surface area (Å²) in [5.41, 5.74) is 1.13. The number of ether oxygens (including phenoxy) is 1. The van der Waals surface area contributed by atoms with Gasteiger partial charge in [0.15, 0.2) is 6.29 Å². The normalized spacial score (nSPS) is 27.1. The van der Waals surface area contributed by atoms with Gasteiger partial charge in [-0.15, -0.1) is 0 Å². The van der Waals surface area contributed by atoms with Crippen LogP contribution in [-0.4, -0.2) is 41.2 Å². The van der Waals surface area contributed by atoms with Gasteiger partial charge in [0.05, 0.1) is 14.8 Å². The fourth-order valence-electron chi connectivity index (χ4n) is 2.56. The maximum absolute atomic E-state index is 12.9. The van der Waals surface area contributed by atoms with Crippen LogP contribution in [0.15, 0.2) is 30.3 Å². The first-order chi connectivity index (χ1) is 10.8. The van der Waals surface area contributed by atoms with Gasteiger partial charge in [0.2, 0.25) is 0 Å². The van der Waals surface area contributed by atoms with Gasteiger partial charge in [-0.1, -0.05) is 52.9 Å². The van der Waals surface area contributed by atoms with Crippen LogP contribution in [0.5, 0.6) is 0 Å². The number of benzene rings is 1. The van der Waals surface area contributed by atoms with Crippen LogP contribution in [0.1, 0.15) is 39.2 Å². The third kappa shape index (κ3) is 5.77. The van der Waals surface area contributed by atoms with E-state index in [-0.39, 0.29) is 14.8 Å². The molecule has 1 aromatic rings. The summed E-state index contributed by atoms with van der Waals surface area (Å²) >= 11 is 2.22. The molecule has 1 saturated heterocycles. The van der Waals surface area contributed by atoms with Crippen molar-refractivity contribution in [2.75, 3.05) is 6.54 Å². The zero-order valence-electron chi connectivity index (χ0n) is 13.9. The van der Waals surface area contributed by atoms with Gasteiger partial charge in [-0.25, -0.2) is 8.51 Å². The number of rotatable bonds is 5. The second kappa shape index (κ2) is 8.38. The molecule has 0 spiro atoms. The van der Waals surface area contributed by atoms with Crippen LogP contribution in [0.2, 0.25) is 0 Å². The van der Waals surface area contributed by atoms with Crippen molar-refractivity contribution in [3.8, 4) is 0 Å². The van der Waals surface area contributed by atoms with E-state index < -0.39 is 17.3 Å². The minimum atomic E-state index is -1.13. The van der Waals surface area contributed by atoms with Crippen molar-refractivity contribution in [1.82, 2.24) is 4.31 Å². The molecule has 130 valence electrons. The number of hydrogen-bond acceptors (Lipinski definition) is 3. The lowest BCUT2D eigenvalue weighted by Crippen LogP contribution is -2.45. The Balaban J connectivity index is 2.09. The Morgan fingerprint density at radius 2 is 1.96 bits per heavy atom. The van der Waals surface area contributed by atoms with E-state index in [1.807, 2.05) is 55.4 Å². The van der Waals surface area contributed by atoms with Gasteiger partial charge >= 0.3 is 0 Å².